The van der Waals surface area contributed by atoms with Crippen LogP contribution in [0.1, 0.15) is 24.0 Å². The van der Waals surface area contributed by atoms with Crippen LogP contribution in [0.2, 0.25) is 0 Å². The van der Waals surface area contributed by atoms with Gasteiger partial charge in [0.15, 0.2) is 0 Å². The van der Waals surface area contributed by atoms with Crippen LogP contribution in [0.4, 0.5) is 11.4 Å². The lowest BCUT2D eigenvalue weighted by Gasteiger charge is -2.43. The molecule has 238 valence electrons. The van der Waals surface area contributed by atoms with Gasteiger partial charge in [-0.1, -0.05) is 103 Å². The second-order valence-electron chi connectivity index (χ2n) is 14.0. The van der Waals surface area contributed by atoms with Gasteiger partial charge in [-0.15, -0.1) is 0 Å². The summed E-state index contributed by atoms with van der Waals surface area (Å²) >= 11 is 0. The summed E-state index contributed by atoms with van der Waals surface area (Å²) in [5.41, 5.74) is 16.1. The molecule has 0 bridgehead atoms. The van der Waals surface area contributed by atoms with Crippen LogP contribution in [0, 0.1) is 0 Å². The van der Waals surface area contributed by atoms with E-state index in [1.807, 2.05) is 6.07 Å². The fourth-order valence-corrected chi connectivity index (χ4v) is 9.03. The number of rotatable bonds is 3. The highest BCUT2D eigenvalue weighted by molar-refractivity contribution is 6.16. The van der Waals surface area contributed by atoms with Crippen LogP contribution in [0.15, 0.2) is 156 Å². The Kier molecular flexibility index (Phi) is 5.97. The van der Waals surface area contributed by atoms with Gasteiger partial charge in [0, 0.05) is 50.2 Å². The lowest BCUT2D eigenvalue weighted by atomic mass is 9.85. The molecule has 11 rings (SSSR count). The van der Waals surface area contributed by atoms with Crippen molar-refractivity contribution < 1.29 is 4.42 Å². The largest absolute Gasteiger partial charge is 0.455 e. The van der Waals surface area contributed by atoms with E-state index in [4.69, 9.17) is 4.42 Å². The normalized spacial score (nSPS) is 15.4. The van der Waals surface area contributed by atoms with Gasteiger partial charge in [0.25, 0.3) is 0 Å². The lowest BCUT2D eigenvalue weighted by molar-refractivity contribution is 0.518. The number of anilines is 2. The van der Waals surface area contributed by atoms with Gasteiger partial charge in [0.05, 0.1) is 11.0 Å². The van der Waals surface area contributed by atoms with Gasteiger partial charge >= 0.3 is 0 Å². The van der Waals surface area contributed by atoms with Crippen molar-refractivity contribution in [3.05, 3.63) is 163 Å². The van der Waals surface area contributed by atoms with Crippen LogP contribution in [-0.4, -0.2) is 10.6 Å². The SMILES string of the molecule is c1ccc(-c2cccc3c2c2ccccc2n3-c2ccc3c(c2)CCC2CCc4cc(-c5cccc6c5oc5ccccc56)ccc4N32)cc1. The van der Waals surface area contributed by atoms with Crippen molar-refractivity contribution in [2.75, 3.05) is 4.90 Å². The Bertz CT molecular complexity index is 2790. The third-order valence-corrected chi connectivity index (χ3v) is 11.3. The first kappa shape index (κ1) is 27.8. The van der Waals surface area contributed by atoms with Crippen molar-refractivity contribution in [3.8, 4) is 27.9 Å². The Hall–Kier alpha value is -6.06. The van der Waals surface area contributed by atoms with E-state index in [-0.39, 0.29) is 0 Å². The number of fused-ring (bicyclic) bond motifs is 11. The molecule has 0 aliphatic carbocycles. The maximum Gasteiger partial charge on any atom is 0.143 e. The van der Waals surface area contributed by atoms with E-state index >= 15 is 0 Å². The minimum absolute atomic E-state index is 0.521. The third-order valence-electron chi connectivity index (χ3n) is 11.3. The van der Waals surface area contributed by atoms with Crippen molar-refractivity contribution in [1.29, 1.82) is 0 Å². The van der Waals surface area contributed by atoms with Gasteiger partial charge in [-0.25, -0.2) is 0 Å². The van der Waals surface area contributed by atoms with Crippen LogP contribution >= 0.6 is 0 Å². The zero-order valence-electron chi connectivity index (χ0n) is 27.6. The van der Waals surface area contributed by atoms with Gasteiger partial charge in [-0.3, -0.25) is 0 Å². The Balaban J connectivity index is 1.02. The Morgan fingerprint density at radius 1 is 0.500 bits per heavy atom. The molecule has 3 heteroatoms. The number of aromatic nitrogens is 1. The summed E-state index contributed by atoms with van der Waals surface area (Å²) < 4.78 is 8.90. The predicted octanol–water partition coefficient (Wildman–Crippen LogP) is 12.4. The van der Waals surface area contributed by atoms with Crippen molar-refractivity contribution in [3.63, 3.8) is 0 Å². The summed E-state index contributed by atoms with van der Waals surface area (Å²) in [6.07, 6.45) is 4.53. The van der Waals surface area contributed by atoms with Crippen LogP contribution < -0.4 is 4.90 Å². The molecule has 2 aromatic heterocycles. The fourth-order valence-electron chi connectivity index (χ4n) is 9.03. The molecule has 9 aromatic rings. The first-order chi connectivity index (χ1) is 24.8. The molecule has 0 fully saturated rings. The molecule has 0 spiro atoms. The lowest BCUT2D eigenvalue weighted by Crippen LogP contribution is -2.39. The molecule has 2 aliphatic rings. The van der Waals surface area contributed by atoms with E-state index in [0.717, 1.165) is 29.6 Å². The van der Waals surface area contributed by atoms with Gasteiger partial charge in [-0.05, 0) is 102 Å². The first-order valence-corrected chi connectivity index (χ1v) is 17.8. The van der Waals surface area contributed by atoms with Crippen LogP contribution in [0.5, 0.6) is 0 Å². The maximum absolute atomic E-state index is 6.43. The second-order valence-corrected chi connectivity index (χ2v) is 14.0. The molecule has 0 N–H and O–H groups in total. The zero-order valence-corrected chi connectivity index (χ0v) is 27.6. The number of nitrogens with zero attached hydrogens (tertiary/aromatic N) is 2. The fraction of sp³-hybridized carbons (Fsp3) is 0.106. The number of benzene rings is 7. The standard InChI is InChI=1S/C47H34N2O/c1-2-10-30(11-3-1)36-14-9-18-44-46(36)40-13-4-6-17-43(40)49(44)35-25-27-42-33(29-35)21-24-34-23-20-32-28-31(22-26-41(32)48(34)42)37-15-8-16-39-38-12-5-7-19-45(38)50-47(37)39/h1-19,22,25-29,34H,20-21,23-24H2. The van der Waals surface area contributed by atoms with Gasteiger partial charge in [0.2, 0.25) is 0 Å². The molecule has 0 saturated heterocycles. The molecule has 3 nitrogen and oxygen atoms in total. The summed E-state index contributed by atoms with van der Waals surface area (Å²) in [5, 5.41) is 4.95. The van der Waals surface area contributed by atoms with Crippen LogP contribution in [-0.2, 0) is 12.8 Å². The van der Waals surface area contributed by atoms with Gasteiger partial charge < -0.3 is 13.9 Å². The second kappa shape index (κ2) is 10.7. The first-order valence-electron chi connectivity index (χ1n) is 17.8. The van der Waals surface area contributed by atoms with Crippen LogP contribution in [0.25, 0.3) is 71.7 Å². The van der Waals surface area contributed by atoms with Crippen molar-refractivity contribution >= 4 is 55.1 Å². The number of hydrogen-bond donors (Lipinski definition) is 0. The highest BCUT2D eigenvalue weighted by atomic mass is 16.3. The molecule has 50 heavy (non-hydrogen) atoms. The molecular weight excluding hydrogens is 609 g/mol. The average Bonchev–Trinajstić information content (AvgIpc) is 3.74. The number of para-hydroxylation sites is 3. The molecule has 2 aliphatic heterocycles. The highest BCUT2D eigenvalue weighted by Gasteiger charge is 2.33. The molecule has 0 amide bonds. The number of furan rings is 1. The Labute approximate surface area is 290 Å². The molecular formula is C47H34N2O. The van der Waals surface area contributed by atoms with E-state index < -0.39 is 0 Å². The summed E-state index contributed by atoms with van der Waals surface area (Å²) in [4.78, 5) is 2.65. The summed E-state index contributed by atoms with van der Waals surface area (Å²) in [7, 11) is 0. The van der Waals surface area contributed by atoms with E-state index in [1.165, 1.54) is 90.3 Å². The Morgan fingerprint density at radius 3 is 2.06 bits per heavy atom. The van der Waals surface area contributed by atoms with Crippen molar-refractivity contribution in [2.45, 2.75) is 31.7 Å². The smallest absolute Gasteiger partial charge is 0.143 e. The van der Waals surface area contributed by atoms with E-state index in [9.17, 15) is 0 Å². The van der Waals surface area contributed by atoms with E-state index in [1.54, 1.807) is 0 Å². The van der Waals surface area contributed by atoms with E-state index in [2.05, 4.69) is 155 Å². The summed E-state index contributed by atoms with van der Waals surface area (Å²) in [6, 6.07) is 56.1. The minimum atomic E-state index is 0.521. The predicted molar refractivity (Wildman–Crippen MR) is 208 cm³/mol. The molecule has 1 atom stereocenters. The summed E-state index contributed by atoms with van der Waals surface area (Å²) in [5.74, 6) is 0. The molecule has 0 saturated carbocycles. The Morgan fingerprint density at radius 2 is 1.18 bits per heavy atom. The van der Waals surface area contributed by atoms with Gasteiger partial charge in [-0.2, -0.15) is 0 Å². The molecule has 7 aromatic carbocycles. The van der Waals surface area contributed by atoms with Crippen LogP contribution in [0.3, 0.4) is 0 Å². The number of aryl methyl sites for hydroxylation is 2. The average molecular weight is 643 g/mol. The quantitative estimate of drug-likeness (QED) is 0.191. The zero-order chi connectivity index (χ0) is 32.8. The molecule has 1 unspecified atom stereocenters. The topological polar surface area (TPSA) is 21.3 Å². The van der Waals surface area contributed by atoms with Crippen molar-refractivity contribution in [1.82, 2.24) is 4.57 Å². The highest BCUT2D eigenvalue weighted by Crippen LogP contribution is 2.46. The monoisotopic (exact) mass is 642 g/mol. The number of hydrogen-bond acceptors (Lipinski definition) is 2. The molecule has 0 radical (unpaired) electrons. The van der Waals surface area contributed by atoms with Crippen molar-refractivity contribution in [2.24, 2.45) is 0 Å². The third kappa shape index (κ3) is 4.04. The molecule has 4 heterocycles. The summed E-state index contributed by atoms with van der Waals surface area (Å²) in [6.45, 7) is 0. The van der Waals surface area contributed by atoms with E-state index in [0.29, 0.717) is 6.04 Å². The maximum atomic E-state index is 6.43. The minimum Gasteiger partial charge on any atom is -0.455 e. The van der Waals surface area contributed by atoms with Gasteiger partial charge in [0.1, 0.15) is 11.2 Å².